The topological polar surface area (TPSA) is 58.2 Å². The lowest BCUT2D eigenvalue weighted by molar-refractivity contribution is 0.242. The van der Waals surface area contributed by atoms with Crippen LogP contribution in [0.15, 0.2) is 65.5 Å². The highest BCUT2D eigenvalue weighted by Gasteiger charge is 2.27. The van der Waals surface area contributed by atoms with Gasteiger partial charge in [-0.3, -0.25) is 9.69 Å². The molecule has 1 atom stereocenters. The van der Waals surface area contributed by atoms with E-state index >= 15 is 0 Å². The number of aromatic amines is 1. The number of benzene rings is 2. The van der Waals surface area contributed by atoms with E-state index in [0.29, 0.717) is 18.0 Å². The molecular weight excluding hydrogens is 394 g/mol. The Labute approximate surface area is 179 Å². The van der Waals surface area contributed by atoms with E-state index < -0.39 is 0 Å². The minimum Gasteiger partial charge on any atom is -0.497 e. The van der Waals surface area contributed by atoms with Gasteiger partial charge < -0.3 is 9.72 Å². The smallest absolute Gasteiger partial charge is 0.259 e. The first-order valence-corrected chi connectivity index (χ1v) is 11.0. The van der Waals surface area contributed by atoms with Gasteiger partial charge in [0.2, 0.25) is 0 Å². The SMILES string of the molecule is COc1ccc([C@@H]2CCCN2Cc2nc3sc(-c4ccccc4)cc3c(=O)[nH]2)cc1. The summed E-state index contributed by atoms with van der Waals surface area (Å²) in [5.41, 5.74) is 2.33. The zero-order valence-corrected chi connectivity index (χ0v) is 17.6. The van der Waals surface area contributed by atoms with Crippen LogP contribution in [0.4, 0.5) is 0 Å². The lowest BCUT2D eigenvalue weighted by Crippen LogP contribution is -2.25. The van der Waals surface area contributed by atoms with Gasteiger partial charge in [-0.2, -0.15) is 0 Å². The number of H-pyrrole nitrogens is 1. The third-order valence-electron chi connectivity index (χ3n) is 5.73. The van der Waals surface area contributed by atoms with Crippen LogP contribution in [0.2, 0.25) is 0 Å². The van der Waals surface area contributed by atoms with E-state index in [1.807, 2.05) is 36.4 Å². The molecule has 1 aliphatic heterocycles. The molecule has 5 nitrogen and oxygen atoms in total. The van der Waals surface area contributed by atoms with Gasteiger partial charge in [0.1, 0.15) is 16.4 Å². The highest BCUT2D eigenvalue weighted by Crippen LogP contribution is 2.34. The minimum atomic E-state index is -0.0615. The Balaban J connectivity index is 1.42. The van der Waals surface area contributed by atoms with Gasteiger partial charge in [0.25, 0.3) is 5.56 Å². The molecule has 0 unspecified atom stereocenters. The molecule has 0 amide bonds. The van der Waals surface area contributed by atoms with Crippen LogP contribution in [-0.4, -0.2) is 28.5 Å². The first kappa shape index (κ1) is 19.0. The number of likely N-dealkylation sites (tertiary alicyclic amines) is 1. The van der Waals surface area contributed by atoms with Crippen molar-refractivity contribution in [3.63, 3.8) is 0 Å². The van der Waals surface area contributed by atoms with Crippen molar-refractivity contribution in [2.24, 2.45) is 0 Å². The number of aromatic nitrogens is 2. The normalized spacial score (nSPS) is 16.9. The highest BCUT2D eigenvalue weighted by molar-refractivity contribution is 7.21. The third-order valence-corrected chi connectivity index (χ3v) is 6.80. The molecule has 3 heterocycles. The first-order valence-electron chi connectivity index (χ1n) is 10.2. The monoisotopic (exact) mass is 417 g/mol. The predicted octanol–water partition coefficient (Wildman–Crippen LogP) is 5.00. The van der Waals surface area contributed by atoms with E-state index in [4.69, 9.17) is 9.72 Å². The van der Waals surface area contributed by atoms with Crippen molar-refractivity contribution >= 4 is 21.6 Å². The molecule has 5 rings (SSSR count). The summed E-state index contributed by atoms with van der Waals surface area (Å²) in [6, 6.07) is 20.7. The van der Waals surface area contributed by atoms with E-state index in [-0.39, 0.29) is 5.56 Å². The van der Waals surface area contributed by atoms with Gasteiger partial charge >= 0.3 is 0 Å². The second kappa shape index (κ2) is 8.05. The Kier molecular flexibility index (Phi) is 5.11. The average molecular weight is 418 g/mol. The van der Waals surface area contributed by atoms with Crippen molar-refractivity contribution in [1.29, 1.82) is 0 Å². The number of thiophene rings is 1. The molecule has 4 aromatic rings. The van der Waals surface area contributed by atoms with E-state index in [1.54, 1.807) is 18.4 Å². The van der Waals surface area contributed by atoms with Crippen molar-refractivity contribution in [1.82, 2.24) is 14.9 Å². The van der Waals surface area contributed by atoms with Gasteiger partial charge in [0.05, 0.1) is 19.0 Å². The van der Waals surface area contributed by atoms with Crippen LogP contribution in [0.1, 0.15) is 30.3 Å². The van der Waals surface area contributed by atoms with Crippen LogP contribution >= 0.6 is 11.3 Å². The van der Waals surface area contributed by atoms with Crippen molar-refractivity contribution in [3.05, 3.63) is 82.4 Å². The summed E-state index contributed by atoms with van der Waals surface area (Å²) in [6.45, 7) is 1.64. The molecule has 0 bridgehead atoms. The number of ether oxygens (including phenoxy) is 1. The molecule has 1 aliphatic rings. The molecule has 2 aromatic carbocycles. The predicted molar refractivity (Wildman–Crippen MR) is 121 cm³/mol. The summed E-state index contributed by atoms with van der Waals surface area (Å²) < 4.78 is 5.28. The van der Waals surface area contributed by atoms with E-state index in [0.717, 1.165) is 46.2 Å². The Morgan fingerprint density at radius 1 is 1.17 bits per heavy atom. The maximum atomic E-state index is 12.7. The number of fused-ring (bicyclic) bond motifs is 1. The van der Waals surface area contributed by atoms with Gasteiger partial charge in [0.15, 0.2) is 0 Å². The molecule has 0 saturated carbocycles. The molecule has 2 aromatic heterocycles. The Morgan fingerprint density at radius 3 is 2.73 bits per heavy atom. The van der Waals surface area contributed by atoms with Crippen LogP contribution in [0.5, 0.6) is 5.75 Å². The summed E-state index contributed by atoms with van der Waals surface area (Å²) in [7, 11) is 1.68. The Morgan fingerprint density at radius 2 is 1.97 bits per heavy atom. The number of hydrogen-bond donors (Lipinski definition) is 1. The minimum absolute atomic E-state index is 0.0615. The largest absolute Gasteiger partial charge is 0.497 e. The fourth-order valence-corrected chi connectivity index (χ4v) is 5.26. The zero-order valence-electron chi connectivity index (χ0n) is 16.8. The number of hydrogen-bond acceptors (Lipinski definition) is 5. The molecule has 152 valence electrons. The van der Waals surface area contributed by atoms with Crippen molar-refractivity contribution < 1.29 is 4.74 Å². The molecule has 6 heteroatoms. The summed E-state index contributed by atoms with van der Waals surface area (Å²) in [4.78, 5) is 24.8. The molecule has 0 radical (unpaired) electrons. The van der Waals surface area contributed by atoms with Crippen LogP contribution < -0.4 is 10.3 Å². The van der Waals surface area contributed by atoms with E-state index in [1.165, 1.54) is 5.56 Å². The Hall–Kier alpha value is -2.96. The van der Waals surface area contributed by atoms with E-state index in [9.17, 15) is 4.79 Å². The summed E-state index contributed by atoms with van der Waals surface area (Å²) >= 11 is 1.57. The van der Waals surface area contributed by atoms with Crippen LogP contribution in [0, 0.1) is 0 Å². The molecule has 1 fully saturated rings. The Bertz CT molecular complexity index is 1210. The first-order chi connectivity index (χ1) is 14.7. The standard InChI is InChI=1S/C24H23N3O2S/c1-29-18-11-9-16(10-12-18)20-8-5-13-27(20)15-22-25-23(28)19-14-21(30-24(19)26-22)17-6-3-2-4-7-17/h2-4,6-7,9-12,14,20H,5,8,13,15H2,1H3,(H,25,26,28)/t20-/m0/s1. The number of nitrogens with zero attached hydrogens (tertiary/aromatic N) is 2. The fourth-order valence-electron chi connectivity index (χ4n) is 4.21. The lowest BCUT2D eigenvalue weighted by atomic mass is 10.0. The number of rotatable bonds is 5. The second-order valence-electron chi connectivity index (χ2n) is 7.61. The highest BCUT2D eigenvalue weighted by atomic mass is 32.1. The summed E-state index contributed by atoms with van der Waals surface area (Å²) in [6.07, 6.45) is 2.25. The van der Waals surface area contributed by atoms with Crippen LogP contribution in [0.3, 0.4) is 0 Å². The number of methoxy groups -OCH3 is 1. The quantitative estimate of drug-likeness (QED) is 0.497. The second-order valence-corrected chi connectivity index (χ2v) is 8.64. The molecule has 1 N–H and O–H groups in total. The third kappa shape index (κ3) is 3.64. The van der Waals surface area contributed by atoms with E-state index in [2.05, 4.69) is 34.1 Å². The van der Waals surface area contributed by atoms with Gasteiger partial charge in [-0.05, 0) is 48.7 Å². The van der Waals surface area contributed by atoms with Gasteiger partial charge in [-0.25, -0.2) is 4.98 Å². The van der Waals surface area contributed by atoms with Crippen molar-refractivity contribution in [2.45, 2.75) is 25.4 Å². The molecule has 0 spiro atoms. The summed E-state index contributed by atoms with van der Waals surface area (Å²) in [5.74, 6) is 1.60. The van der Waals surface area contributed by atoms with Gasteiger partial charge in [-0.1, -0.05) is 42.5 Å². The number of nitrogens with one attached hydrogen (secondary N) is 1. The average Bonchev–Trinajstić information content (AvgIpc) is 3.42. The maximum absolute atomic E-state index is 12.7. The van der Waals surface area contributed by atoms with Gasteiger partial charge in [0, 0.05) is 10.9 Å². The molecule has 1 saturated heterocycles. The molecule has 0 aliphatic carbocycles. The lowest BCUT2D eigenvalue weighted by Gasteiger charge is -2.24. The summed E-state index contributed by atoms with van der Waals surface area (Å²) in [5, 5.41) is 0.663. The van der Waals surface area contributed by atoms with Crippen molar-refractivity contribution in [3.8, 4) is 16.2 Å². The molecular formula is C24H23N3O2S. The van der Waals surface area contributed by atoms with Crippen LogP contribution in [-0.2, 0) is 6.54 Å². The van der Waals surface area contributed by atoms with Crippen LogP contribution in [0.25, 0.3) is 20.7 Å². The van der Waals surface area contributed by atoms with Gasteiger partial charge in [-0.15, -0.1) is 11.3 Å². The molecule has 30 heavy (non-hydrogen) atoms. The maximum Gasteiger partial charge on any atom is 0.259 e. The van der Waals surface area contributed by atoms with Crippen molar-refractivity contribution in [2.75, 3.05) is 13.7 Å². The fraction of sp³-hybridized carbons (Fsp3) is 0.250. The zero-order chi connectivity index (χ0) is 20.5.